The van der Waals surface area contributed by atoms with Gasteiger partial charge < -0.3 is 19.0 Å². The molecular weight excluding hydrogens is 358 g/mol. The lowest BCUT2D eigenvalue weighted by molar-refractivity contribution is 0.103. The van der Waals surface area contributed by atoms with Gasteiger partial charge in [0.25, 0.3) is 0 Å². The SMILES string of the molecule is CCN(CC)Cc1c(O)ccc2occ(C(=O)c3cc(OC)ccc3OC)c12. The molecule has 0 fully saturated rings. The third-order valence-corrected chi connectivity index (χ3v) is 5.00. The van der Waals surface area contributed by atoms with Crippen molar-refractivity contribution in [2.45, 2.75) is 20.4 Å². The molecule has 0 spiro atoms. The number of ketones is 1. The summed E-state index contributed by atoms with van der Waals surface area (Å²) in [5.41, 5.74) is 2.01. The summed E-state index contributed by atoms with van der Waals surface area (Å²) in [6, 6.07) is 8.36. The van der Waals surface area contributed by atoms with Crippen LogP contribution in [0.1, 0.15) is 35.3 Å². The van der Waals surface area contributed by atoms with Crippen LogP contribution in [0.2, 0.25) is 0 Å². The van der Waals surface area contributed by atoms with E-state index in [0.717, 1.165) is 13.1 Å². The fourth-order valence-corrected chi connectivity index (χ4v) is 3.32. The van der Waals surface area contributed by atoms with Gasteiger partial charge in [-0.05, 0) is 43.4 Å². The quantitative estimate of drug-likeness (QED) is 0.587. The van der Waals surface area contributed by atoms with Crippen molar-refractivity contribution in [1.82, 2.24) is 4.90 Å². The van der Waals surface area contributed by atoms with Crippen LogP contribution in [-0.2, 0) is 6.54 Å². The fraction of sp³-hybridized carbons (Fsp3) is 0.318. The molecule has 1 heterocycles. The Morgan fingerprint density at radius 2 is 1.82 bits per heavy atom. The molecule has 3 rings (SSSR count). The first kappa shape index (κ1) is 19.8. The van der Waals surface area contributed by atoms with Crippen molar-refractivity contribution >= 4 is 16.8 Å². The molecule has 28 heavy (non-hydrogen) atoms. The van der Waals surface area contributed by atoms with Crippen LogP contribution >= 0.6 is 0 Å². The van der Waals surface area contributed by atoms with Crippen molar-refractivity contribution in [3.05, 3.63) is 53.3 Å². The van der Waals surface area contributed by atoms with E-state index in [9.17, 15) is 9.90 Å². The van der Waals surface area contributed by atoms with Gasteiger partial charge in [-0.15, -0.1) is 0 Å². The molecule has 0 saturated carbocycles. The van der Waals surface area contributed by atoms with E-state index in [-0.39, 0.29) is 11.5 Å². The van der Waals surface area contributed by atoms with Crippen LogP contribution < -0.4 is 9.47 Å². The number of carbonyl (C=O) groups excluding carboxylic acids is 1. The number of nitrogens with zero attached hydrogens (tertiary/aromatic N) is 1. The van der Waals surface area contributed by atoms with E-state index in [1.54, 1.807) is 37.4 Å². The zero-order chi connectivity index (χ0) is 20.3. The minimum Gasteiger partial charge on any atom is -0.508 e. The summed E-state index contributed by atoms with van der Waals surface area (Å²) >= 11 is 0. The van der Waals surface area contributed by atoms with Gasteiger partial charge in [0.2, 0.25) is 5.78 Å². The number of ether oxygens (including phenoxy) is 2. The van der Waals surface area contributed by atoms with Crippen LogP contribution in [0, 0.1) is 0 Å². The molecule has 2 aromatic carbocycles. The molecule has 6 heteroatoms. The zero-order valence-electron chi connectivity index (χ0n) is 16.6. The van der Waals surface area contributed by atoms with Gasteiger partial charge in [-0.25, -0.2) is 0 Å². The number of benzene rings is 2. The number of rotatable bonds is 8. The summed E-state index contributed by atoms with van der Waals surface area (Å²) in [5, 5.41) is 11.1. The van der Waals surface area contributed by atoms with Gasteiger partial charge in [0.1, 0.15) is 29.1 Å². The minimum absolute atomic E-state index is 0.146. The van der Waals surface area contributed by atoms with Crippen LogP contribution in [-0.4, -0.2) is 43.1 Å². The summed E-state index contributed by atoms with van der Waals surface area (Å²) in [5.74, 6) is 0.905. The second-order valence-corrected chi connectivity index (χ2v) is 6.44. The van der Waals surface area contributed by atoms with E-state index in [2.05, 4.69) is 18.7 Å². The number of aromatic hydroxyl groups is 1. The molecule has 0 unspecified atom stereocenters. The summed E-state index contributed by atoms with van der Waals surface area (Å²) in [7, 11) is 3.06. The second kappa shape index (κ2) is 8.35. The number of fused-ring (bicyclic) bond motifs is 1. The highest BCUT2D eigenvalue weighted by atomic mass is 16.5. The van der Waals surface area contributed by atoms with E-state index in [1.807, 2.05) is 0 Å². The Hall–Kier alpha value is -2.99. The molecule has 0 radical (unpaired) electrons. The minimum atomic E-state index is -0.249. The lowest BCUT2D eigenvalue weighted by Gasteiger charge is -2.19. The van der Waals surface area contributed by atoms with Crippen molar-refractivity contribution in [2.75, 3.05) is 27.3 Å². The molecule has 6 nitrogen and oxygen atoms in total. The molecule has 0 bridgehead atoms. The van der Waals surface area contributed by atoms with Crippen molar-refractivity contribution in [3.63, 3.8) is 0 Å². The Bertz CT molecular complexity index is 988. The second-order valence-electron chi connectivity index (χ2n) is 6.44. The Balaban J connectivity index is 2.16. The van der Waals surface area contributed by atoms with E-state index >= 15 is 0 Å². The number of hydrogen-bond acceptors (Lipinski definition) is 6. The molecule has 1 aromatic heterocycles. The third kappa shape index (κ3) is 3.55. The molecule has 0 aliphatic heterocycles. The molecule has 3 aromatic rings. The molecule has 0 atom stereocenters. The highest BCUT2D eigenvalue weighted by Gasteiger charge is 2.24. The summed E-state index contributed by atoms with van der Waals surface area (Å²) < 4.78 is 16.3. The fourth-order valence-electron chi connectivity index (χ4n) is 3.32. The number of hydrogen-bond donors (Lipinski definition) is 1. The van der Waals surface area contributed by atoms with Gasteiger partial charge in [-0.3, -0.25) is 9.69 Å². The number of phenols is 1. The Labute approximate surface area is 164 Å². The summed E-state index contributed by atoms with van der Waals surface area (Å²) in [6.07, 6.45) is 1.44. The highest BCUT2D eigenvalue weighted by Crippen LogP contribution is 2.35. The van der Waals surface area contributed by atoms with Crippen LogP contribution in [0.5, 0.6) is 17.2 Å². The normalized spacial score (nSPS) is 11.2. The average molecular weight is 383 g/mol. The zero-order valence-corrected chi connectivity index (χ0v) is 16.6. The Morgan fingerprint density at radius 3 is 2.46 bits per heavy atom. The van der Waals surface area contributed by atoms with Crippen molar-refractivity contribution in [3.8, 4) is 17.2 Å². The number of methoxy groups -OCH3 is 2. The van der Waals surface area contributed by atoms with E-state index in [1.165, 1.54) is 13.4 Å². The maximum atomic E-state index is 13.4. The standard InChI is InChI=1S/C22H25NO5/c1-5-23(6-2)12-16-18(24)8-10-20-21(16)17(13-28-20)22(25)15-11-14(26-3)7-9-19(15)27-4/h7-11,13,24H,5-6,12H2,1-4H3. The summed E-state index contributed by atoms with van der Waals surface area (Å²) in [4.78, 5) is 15.5. The predicted octanol–water partition coefficient (Wildman–Crippen LogP) is 4.23. The number of carbonyl (C=O) groups is 1. The first-order valence-corrected chi connectivity index (χ1v) is 9.25. The van der Waals surface area contributed by atoms with Crippen molar-refractivity contribution in [2.24, 2.45) is 0 Å². The lowest BCUT2D eigenvalue weighted by atomic mass is 9.97. The van der Waals surface area contributed by atoms with Gasteiger partial charge in [0.05, 0.1) is 25.3 Å². The van der Waals surface area contributed by atoms with Gasteiger partial charge >= 0.3 is 0 Å². The largest absolute Gasteiger partial charge is 0.508 e. The van der Waals surface area contributed by atoms with Crippen LogP contribution in [0.25, 0.3) is 11.0 Å². The topological polar surface area (TPSA) is 72.1 Å². The van der Waals surface area contributed by atoms with Gasteiger partial charge in [-0.1, -0.05) is 13.8 Å². The van der Waals surface area contributed by atoms with Gasteiger partial charge in [0.15, 0.2) is 0 Å². The number of furan rings is 1. The van der Waals surface area contributed by atoms with Crippen molar-refractivity contribution in [1.29, 1.82) is 0 Å². The monoisotopic (exact) mass is 383 g/mol. The maximum Gasteiger partial charge on any atom is 0.200 e. The van der Waals surface area contributed by atoms with Crippen LogP contribution in [0.15, 0.2) is 41.0 Å². The lowest BCUT2D eigenvalue weighted by Crippen LogP contribution is -2.22. The highest BCUT2D eigenvalue weighted by molar-refractivity contribution is 6.18. The Kier molecular flexibility index (Phi) is 5.90. The van der Waals surface area contributed by atoms with Crippen LogP contribution in [0.3, 0.4) is 0 Å². The third-order valence-electron chi connectivity index (χ3n) is 5.00. The molecule has 148 valence electrons. The van der Waals surface area contributed by atoms with Gasteiger partial charge in [-0.2, -0.15) is 0 Å². The van der Waals surface area contributed by atoms with Crippen LogP contribution in [0.4, 0.5) is 0 Å². The summed E-state index contributed by atoms with van der Waals surface area (Å²) in [6.45, 7) is 6.30. The average Bonchev–Trinajstić information content (AvgIpc) is 3.16. The van der Waals surface area contributed by atoms with E-state index in [4.69, 9.17) is 13.9 Å². The first-order valence-electron chi connectivity index (χ1n) is 9.25. The molecule has 0 aliphatic carbocycles. The Morgan fingerprint density at radius 1 is 1.07 bits per heavy atom. The molecular formula is C22H25NO5. The van der Waals surface area contributed by atoms with Crippen molar-refractivity contribution < 1.29 is 23.8 Å². The maximum absolute atomic E-state index is 13.4. The smallest absolute Gasteiger partial charge is 0.200 e. The predicted molar refractivity (Wildman–Crippen MR) is 107 cm³/mol. The molecule has 0 saturated heterocycles. The molecule has 1 N–H and O–H groups in total. The van der Waals surface area contributed by atoms with E-state index in [0.29, 0.717) is 45.7 Å². The molecule has 0 amide bonds. The number of phenolic OH excluding ortho intramolecular Hbond substituents is 1. The molecule has 0 aliphatic rings. The first-order chi connectivity index (χ1) is 13.5. The van der Waals surface area contributed by atoms with E-state index < -0.39 is 0 Å². The van der Waals surface area contributed by atoms with Gasteiger partial charge in [0, 0.05) is 17.5 Å².